The van der Waals surface area contributed by atoms with Crippen molar-refractivity contribution in [3.8, 4) is 5.75 Å². The summed E-state index contributed by atoms with van der Waals surface area (Å²) in [5.41, 5.74) is 1.07. The van der Waals surface area contributed by atoms with Crippen LogP contribution in [0.5, 0.6) is 5.75 Å². The highest BCUT2D eigenvalue weighted by Crippen LogP contribution is 2.25. The molecule has 0 aliphatic rings. The lowest BCUT2D eigenvalue weighted by Gasteiger charge is -2.28. The van der Waals surface area contributed by atoms with Crippen molar-refractivity contribution in [2.24, 2.45) is 0 Å². The van der Waals surface area contributed by atoms with Gasteiger partial charge in [-0.3, -0.25) is 9.10 Å². The van der Waals surface area contributed by atoms with Gasteiger partial charge in [-0.1, -0.05) is 45.0 Å². The van der Waals surface area contributed by atoms with Gasteiger partial charge in [0.15, 0.2) is 0 Å². The fourth-order valence-electron chi connectivity index (χ4n) is 2.95. The fraction of sp³-hybridized carbons (Fsp3) is 0.409. The lowest BCUT2D eigenvalue weighted by molar-refractivity contribution is -0.121. The van der Waals surface area contributed by atoms with Crippen LogP contribution in [0.1, 0.15) is 33.3 Å². The monoisotopic (exact) mass is 436 g/mol. The number of halogens is 1. The highest BCUT2D eigenvalue weighted by molar-refractivity contribution is 7.92. The average Bonchev–Trinajstić information content (AvgIpc) is 2.65. The number of carbonyl (C=O) groups excluding carboxylic acids is 1. The van der Waals surface area contributed by atoms with Crippen LogP contribution in [0.4, 0.5) is 10.1 Å². The molecule has 0 aromatic heterocycles. The topological polar surface area (TPSA) is 75.7 Å². The first-order valence-electron chi connectivity index (χ1n) is 9.66. The first-order chi connectivity index (χ1) is 13.9. The molecule has 0 heterocycles. The number of para-hydroxylation sites is 1. The molecule has 2 rings (SSSR count). The molecule has 0 saturated carbocycles. The first kappa shape index (κ1) is 23.7. The molecule has 8 heteroatoms. The van der Waals surface area contributed by atoms with Gasteiger partial charge >= 0.3 is 0 Å². The van der Waals surface area contributed by atoms with E-state index >= 15 is 0 Å². The zero-order valence-electron chi connectivity index (χ0n) is 18.0. The molecule has 1 amide bonds. The zero-order chi connectivity index (χ0) is 22.5. The number of anilines is 1. The summed E-state index contributed by atoms with van der Waals surface area (Å²) < 4.78 is 44.9. The summed E-state index contributed by atoms with van der Waals surface area (Å²) in [5.74, 6) is -0.589. The summed E-state index contributed by atoms with van der Waals surface area (Å²) in [6, 6.07) is 12.0. The molecule has 0 spiro atoms. The fourth-order valence-corrected chi connectivity index (χ4v) is 4.13. The summed E-state index contributed by atoms with van der Waals surface area (Å²) >= 11 is 0. The normalized spacial score (nSPS) is 12.9. The lowest BCUT2D eigenvalue weighted by Crippen LogP contribution is -2.48. The van der Waals surface area contributed by atoms with E-state index < -0.39 is 27.8 Å². The second-order valence-corrected chi connectivity index (χ2v) is 9.96. The molecule has 0 unspecified atom stereocenters. The molecule has 0 radical (unpaired) electrons. The molecule has 30 heavy (non-hydrogen) atoms. The van der Waals surface area contributed by atoms with Crippen molar-refractivity contribution < 1.29 is 22.3 Å². The number of hydrogen-bond acceptors (Lipinski definition) is 4. The Morgan fingerprint density at radius 1 is 1.13 bits per heavy atom. The molecule has 6 nitrogen and oxygen atoms in total. The minimum absolute atomic E-state index is 0.0480. The van der Waals surface area contributed by atoms with Crippen LogP contribution in [-0.4, -0.2) is 39.8 Å². The van der Waals surface area contributed by atoms with Crippen molar-refractivity contribution in [1.29, 1.82) is 0 Å². The Hall–Kier alpha value is -2.61. The number of nitrogens with one attached hydrogen (secondary N) is 1. The van der Waals surface area contributed by atoms with Gasteiger partial charge in [-0.25, -0.2) is 12.8 Å². The van der Waals surface area contributed by atoms with Crippen molar-refractivity contribution in [1.82, 2.24) is 5.32 Å². The van der Waals surface area contributed by atoms with E-state index in [1.54, 1.807) is 0 Å². The minimum Gasteiger partial charge on any atom is -0.492 e. The number of sulfonamides is 1. The molecule has 164 valence electrons. The van der Waals surface area contributed by atoms with Gasteiger partial charge in [0.05, 0.1) is 18.5 Å². The second kappa shape index (κ2) is 9.47. The van der Waals surface area contributed by atoms with Gasteiger partial charge in [0.2, 0.25) is 15.9 Å². The smallest absolute Gasteiger partial charge is 0.243 e. The minimum atomic E-state index is -3.87. The van der Waals surface area contributed by atoms with Crippen molar-refractivity contribution in [2.75, 3.05) is 23.7 Å². The van der Waals surface area contributed by atoms with E-state index in [0.717, 1.165) is 16.6 Å². The van der Waals surface area contributed by atoms with Gasteiger partial charge in [-0.05, 0) is 42.2 Å². The third-order valence-electron chi connectivity index (χ3n) is 4.57. The van der Waals surface area contributed by atoms with Crippen molar-refractivity contribution in [2.45, 2.75) is 39.2 Å². The molecule has 0 aliphatic heterocycles. The van der Waals surface area contributed by atoms with Gasteiger partial charge < -0.3 is 10.1 Å². The van der Waals surface area contributed by atoms with Crippen LogP contribution in [0.2, 0.25) is 0 Å². The number of rotatable bonds is 8. The lowest BCUT2D eigenvalue weighted by atomic mass is 9.87. The van der Waals surface area contributed by atoms with Crippen LogP contribution in [0, 0.1) is 5.82 Å². The summed E-state index contributed by atoms with van der Waals surface area (Å²) in [6.07, 6.45) is 0.938. The van der Waals surface area contributed by atoms with E-state index in [-0.39, 0.29) is 24.3 Å². The summed E-state index contributed by atoms with van der Waals surface area (Å²) in [5, 5.41) is 2.64. The summed E-state index contributed by atoms with van der Waals surface area (Å²) in [4.78, 5) is 12.5. The Kier molecular flexibility index (Phi) is 7.47. The molecule has 0 bridgehead atoms. The Balaban J connectivity index is 1.95. The maximum absolute atomic E-state index is 14.1. The van der Waals surface area contributed by atoms with Gasteiger partial charge in [0.25, 0.3) is 0 Å². The van der Waals surface area contributed by atoms with E-state index in [9.17, 15) is 17.6 Å². The van der Waals surface area contributed by atoms with Crippen molar-refractivity contribution >= 4 is 21.6 Å². The second-order valence-electron chi connectivity index (χ2n) is 8.10. The summed E-state index contributed by atoms with van der Waals surface area (Å²) in [6.45, 7) is 8.18. The Morgan fingerprint density at radius 3 is 2.27 bits per heavy atom. The van der Waals surface area contributed by atoms with Gasteiger partial charge in [-0.15, -0.1) is 0 Å². The van der Waals surface area contributed by atoms with Gasteiger partial charge in [0, 0.05) is 0 Å². The molecule has 0 saturated heterocycles. The van der Waals surface area contributed by atoms with E-state index in [1.807, 2.05) is 24.3 Å². The SMILES string of the molecule is C[C@@H](C(=O)NCCOc1ccc(C(C)(C)C)cc1)N(c1ccccc1F)S(C)(=O)=O. The maximum atomic E-state index is 14.1. The molecule has 1 N–H and O–H groups in total. The van der Waals surface area contributed by atoms with Crippen LogP contribution >= 0.6 is 0 Å². The molecule has 0 fully saturated rings. The van der Waals surface area contributed by atoms with Crippen LogP contribution in [0.3, 0.4) is 0 Å². The number of amides is 1. The number of benzene rings is 2. The zero-order valence-corrected chi connectivity index (χ0v) is 18.8. The van der Waals surface area contributed by atoms with E-state index in [0.29, 0.717) is 5.75 Å². The Labute approximate surface area is 178 Å². The Bertz CT molecular complexity index is 969. The average molecular weight is 437 g/mol. The van der Waals surface area contributed by atoms with Crippen molar-refractivity contribution in [3.63, 3.8) is 0 Å². The quantitative estimate of drug-likeness (QED) is 0.643. The van der Waals surface area contributed by atoms with Gasteiger partial charge in [-0.2, -0.15) is 0 Å². The van der Waals surface area contributed by atoms with Crippen LogP contribution in [-0.2, 0) is 20.2 Å². The summed E-state index contributed by atoms with van der Waals surface area (Å²) in [7, 11) is -3.87. The highest BCUT2D eigenvalue weighted by Gasteiger charge is 2.30. The molecule has 1 atom stereocenters. The third-order valence-corrected chi connectivity index (χ3v) is 5.80. The number of hydrogen-bond donors (Lipinski definition) is 1. The molecular formula is C22H29FN2O4S. The number of ether oxygens (including phenoxy) is 1. The predicted octanol–water partition coefficient (Wildman–Crippen LogP) is 3.47. The van der Waals surface area contributed by atoms with E-state index in [2.05, 4.69) is 26.1 Å². The van der Waals surface area contributed by atoms with Gasteiger partial charge in [0.1, 0.15) is 24.2 Å². The Morgan fingerprint density at radius 2 is 1.73 bits per heavy atom. The predicted molar refractivity (Wildman–Crippen MR) is 117 cm³/mol. The molecule has 0 aliphatic carbocycles. The highest BCUT2D eigenvalue weighted by atomic mass is 32.2. The van der Waals surface area contributed by atoms with Crippen molar-refractivity contribution in [3.05, 3.63) is 59.9 Å². The first-order valence-corrected chi connectivity index (χ1v) is 11.5. The molecular weight excluding hydrogens is 407 g/mol. The van der Waals surface area contributed by atoms with E-state index in [4.69, 9.17) is 4.74 Å². The maximum Gasteiger partial charge on any atom is 0.243 e. The molecule has 2 aromatic carbocycles. The van der Waals surface area contributed by atoms with Crippen LogP contribution < -0.4 is 14.4 Å². The largest absolute Gasteiger partial charge is 0.492 e. The standard InChI is InChI=1S/C22H29FN2O4S/c1-16(25(30(5,27)28)20-9-7-6-8-19(20)23)21(26)24-14-15-29-18-12-10-17(11-13-18)22(2,3)4/h6-13,16H,14-15H2,1-5H3,(H,24,26)/t16-/m0/s1. The number of nitrogens with zero attached hydrogens (tertiary/aromatic N) is 1. The van der Waals surface area contributed by atoms with Crippen LogP contribution in [0.25, 0.3) is 0 Å². The van der Waals surface area contributed by atoms with E-state index in [1.165, 1.54) is 30.7 Å². The third kappa shape index (κ3) is 6.19. The van der Waals surface area contributed by atoms with Crippen LogP contribution in [0.15, 0.2) is 48.5 Å². The number of carbonyl (C=O) groups is 1. The molecule has 2 aromatic rings.